The lowest BCUT2D eigenvalue weighted by Crippen LogP contribution is -2.38. The molecular weight excluding hydrogens is 152 g/mol. The van der Waals surface area contributed by atoms with E-state index in [1.165, 1.54) is 0 Å². The van der Waals surface area contributed by atoms with Crippen molar-refractivity contribution in [2.24, 2.45) is 0 Å². The highest BCUT2D eigenvalue weighted by atomic mass is 16.5. The fourth-order valence-corrected chi connectivity index (χ4v) is 1.43. The van der Waals surface area contributed by atoms with Gasteiger partial charge in [0.15, 0.2) is 0 Å². The molecule has 0 aromatic rings. The second-order valence-corrected chi connectivity index (χ2v) is 3.11. The van der Waals surface area contributed by atoms with Gasteiger partial charge >= 0.3 is 0 Å². The molecule has 1 heterocycles. The minimum atomic E-state index is -0.104. The molecule has 0 amide bonds. The van der Waals surface area contributed by atoms with Crippen molar-refractivity contribution in [3.63, 3.8) is 0 Å². The number of nitriles is 1. The van der Waals surface area contributed by atoms with Gasteiger partial charge in [0.25, 0.3) is 0 Å². The minimum Gasteiger partial charge on any atom is -0.375 e. The van der Waals surface area contributed by atoms with Crippen molar-refractivity contribution < 1.29 is 4.74 Å². The van der Waals surface area contributed by atoms with Crippen molar-refractivity contribution in [2.45, 2.75) is 38.3 Å². The lowest BCUT2D eigenvalue weighted by molar-refractivity contribution is 0.0934. The van der Waals surface area contributed by atoms with Crippen LogP contribution < -0.4 is 5.32 Å². The molecule has 1 N–H and O–H groups in total. The van der Waals surface area contributed by atoms with Gasteiger partial charge in [-0.3, -0.25) is 5.32 Å². The maximum absolute atomic E-state index is 8.82. The Labute approximate surface area is 73.7 Å². The Morgan fingerprint density at radius 2 is 2.58 bits per heavy atom. The van der Waals surface area contributed by atoms with Gasteiger partial charge in [0, 0.05) is 6.61 Å². The van der Waals surface area contributed by atoms with E-state index in [1.54, 1.807) is 0 Å². The van der Waals surface area contributed by atoms with E-state index in [4.69, 9.17) is 10.00 Å². The van der Waals surface area contributed by atoms with Crippen LogP contribution in [0.2, 0.25) is 0 Å². The molecular formula is C9H16N2O. The van der Waals surface area contributed by atoms with Crippen molar-refractivity contribution in [1.29, 1.82) is 5.26 Å². The van der Waals surface area contributed by atoms with Crippen LogP contribution in [0.3, 0.4) is 0 Å². The van der Waals surface area contributed by atoms with Crippen LogP contribution in [0.4, 0.5) is 0 Å². The van der Waals surface area contributed by atoms with Gasteiger partial charge in [-0.15, -0.1) is 0 Å². The first-order valence-electron chi connectivity index (χ1n) is 4.63. The third kappa shape index (κ3) is 2.47. The Hall–Kier alpha value is -0.590. The fourth-order valence-electron chi connectivity index (χ4n) is 1.43. The van der Waals surface area contributed by atoms with E-state index < -0.39 is 0 Å². The van der Waals surface area contributed by atoms with Crippen LogP contribution in [-0.4, -0.2) is 25.3 Å². The Balaban J connectivity index is 2.29. The molecule has 0 bridgehead atoms. The van der Waals surface area contributed by atoms with Crippen molar-refractivity contribution in [3.8, 4) is 6.07 Å². The van der Waals surface area contributed by atoms with Gasteiger partial charge in [0.2, 0.25) is 0 Å². The molecule has 1 fully saturated rings. The topological polar surface area (TPSA) is 45.0 Å². The minimum absolute atomic E-state index is 0.104. The molecule has 2 unspecified atom stereocenters. The number of hydrogen-bond acceptors (Lipinski definition) is 3. The lowest BCUT2D eigenvalue weighted by atomic mass is 10.1. The van der Waals surface area contributed by atoms with Gasteiger partial charge in [-0.1, -0.05) is 6.92 Å². The molecule has 1 aliphatic heterocycles. The van der Waals surface area contributed by atoms with Crippen LogP contribution in [0.25, 0.3) is 0 Å². The molecule has 1 rings (SSSR count). The number of nitrogens with zero attached hydrogens (tertiary/aromatic N) is 1. The molecule has 0 spiro atoms. The van der Waals surface area contributed by atoms with Gasteiger partial charge in [-0.25, -0.2) is 0 Å². The zero-order valence-corrected chi connectivity index (χ0v) is 7.55. The Morgan fingerprint density at radius 1 is 1.75 bits per heavy atom. The number of nitrogens with one attached hydrogen (secondary N) is 1. The summed E-state index contributed by atoms with van der Waals surface area (Å²) in [6.07, 6.45) is 3.30. The molecule has 0 saturated carbocycles. The highest BCUT2D eigenvalue weighted by Crippen LogP contribution is 2.15. The normalized spacial score (nSPS) is 25.2. The molecule has 2 atom stereocenters. The van der Waals surface area contributed by atoms with E-state index in [0.717, 1.165) is 32.4 Å². The summed E-state index contributed by atoms with van der Waals surface area (Å²) in [6, 6.07) is 2.14. The third-order valence-electron chi connectivity index (χ3n) is 2.09. The third-order valence-corrected chi connectivity index (χ3v) is 2.09. The maximum Gasteiger partial charge on any atom is 0.122 e. The van der Waals surface area contributed by atoms with Gasteiger partial charge < -0.3 is 4.74 Å². The van der Waals surface area contributed by atoms with Crippen LogP contribution >= 0.6 is 0 Å². The van der Waals surface area contributed by atoms with Crippen LogP contribution in [0.5, 0.6) is 0 Å². The second kappa shape index (κ2) is 5.13. The summed E-state index contributed by atoms with van der Waals surface area (Å²) in [5.41, 5.74) is 0. The standard InChI is InChI=1S/C9H16N2O/c1-2-5-11-8(7-10)9-4-3-6-12-9/h8-9,11H,2-6H2,1H3. The number of rotatable bonds is 4. The molecule has 0 radical (unpaired) electrons. The zero-order chi connectivity index (χ0) is 8.81. The summed E-state index contributed by atoms with van der Waals surface area (Å²) in [4.78, 5) is 0. The van der Waals surface area contributed by atoms with Crippen molar-refractivity contribution >= 4 is 0 Å². The van der Waals surface area contributed by atoms with E-state index in [1.807, 2.05) is 0 Å². The highest BCUT2D eigenvalue weighted by Gasteiger charge is 2.24. The molecule has 0 aliphatic carbocycles. The van der Waals surface area contributed by atoms with Crippen LogP contribution in [-0.2, 0) is 4.74 Å². The van der Waals surface area contributed by atoms with Crippen molar-refractivity contribution in [2.75, 3.05) is 13.2 Å². The molecule has 0 aromatic carbocycles. The molecule has 1 aliphatic rings. The molecule has 1 saturated heterocycles. The van der Waals surface area contributed by atoms with E-state index in [2.05, 4.69) is 18.3 Å². The monoisotopic (exact) mass is 168 g/mol. The second-order valence-electron chi connectivity index (χ2n) is 3.11. The predicted molar refractivity (Wildman–Crippen MR) is 46.7 cm³/mol. The van der Waals surface area contributed by atoms with Crippen LogP contribution in [0.15, 0.2) is 0 Å². The smallest absolute Gasteiger partial charge is 0.122 e. The van der Waals surface area contributed by atoms with E-state index >= 15 is 0 Å². The van der Waals surface area contributed by atoms with E-state index in [-0.39, 0.29) is 12.1 Å². The lowest BCUT2D eigenvalue weighted by Gasteiger charge is -2.16. The maximum atomic E-state index is 8.82. The average molecular weight is 168 g/mol. The fraction of sp³-hybridized carbons (Fsp3) is 0.889. The SMILES string of the molecule is CCCNC(C#N)C1CCCO1. The van der Waals surface area contributed by atoms with E-state index in [0.29, 0.717) is 0 Å². The average Bonchev–Trinajstić information content (AvgIpc) is 2.59. The summed E-state index contributed by atoms with van der Waals surface area (Å²) in [5, 5.41) is 12.0. The van der Waals surface area contributed by atoms with E-state index in [9.17, 15) is 0 Å². The van der Waals surface area contributed by atoms with Crippen LogP contribution in [0, 0.1) is 11.3 Å². The Kier molecular flexibility index (Phi) is 4.06. The van der Waals surface area contributed by atoms with Gasteiger partial charge in [-0.2, -0.15) is 5.26 Å². The summed E-state index contributed by atoms with van der Waals surface area (Å²) in [6.45, 7) is 3.81. The first-order valence-corrected chi connectivity index (χ1v) is 4.63. The highest BCUT2D eigenvalue weighted by molar-refractivity contribution is 4.97. The number of hydrogen-bond donors (Lipinski definition) is 1. The number of ether oxygens (including phenoxy) is 1. The predicted octanol–water partition coefficient (Wildman–Crippen LogP) is 1.06. The largest absolute Gasteiger partial charge is 0.375 e. The summed E-state index contributed by atoms with van der Waals surface area (Å²) in [5.74, 6) is 0. The quantitative estimate of drug-likeness (QED) is 0.682. The summed E-state index contributed by atoms with van der Waals surface area (Å²) >= 11 is 0. The Morgan fingerprint density at radius 3 is 3.08 bits per heavy atom. The molecule has 68 valence electrons. The first-order chi connectivity index (χ1) is 5.88. The first kappa shape index (κ1) is 9.50. The van der Waals surface area contributed by atoms with Gasteiger partial charge in [0.05, 0.1) is 12.2 Å². The summed E-state index contributed by atoms with van der Waals surface area (Å²) in [7, 11) is 0. The van der Waals surface area contributed by atoms with Gasteiger partial charge in [0.1, 0.15) is 6.04 Å². The van der Waals surface area contributed by atoms with Crippen molar-refractivity contribution in [1.82, 2.24) is 5.32 Å². The van der Waals surface area contributed by atoms with Crippen LogP contribution in [0.1, 0.15) is 26.2 Å². The molecule has 3 heteroatoms. The van der Waals surface area contributed by atoms with Gasteiger partial charge in [-0.05, 0) is 25.8 Å². The zero-order valence-electron chi connectivity index (χ0n) is 7.55. The molecule has 3 nitrogen and oxygen atoms in total. The molecule has 0 aromatic heterocycles. The van der Waals surface area contributed by atoms with Crippen molar-refractivity contribution in [3.05, 3.63) is 0 Å². The summed E-state index contributed by atoms with van der Waals surface area (Å²) < 4.78 is 5.42. The molecule has 12 heavy (non-hydrogen) atoms. The Bertz CT molecular complexity index is 158.